The molecule has 152 valence electrons. The molecule has 0 aromatic heterocycles. The highest BCUT2D eigenvalue weighted by Crippen LogP contribution is 2.22. The van der Waals surface area contributed by atoms with Crippen LogP contribution in [-0.4, -0.2) is 34.6 Å². The van der Waals surface area contributed by atoms with Gasteiger partial charge in [0.25, 0.3) is 0 Å². The Hall–Kier alpha value is -2.57. The molecule has 0 saturated carbocycles. The van der Waals surface area contributed by atoms with E-state index in [0.29, 0.717) is 17.9 Å². The van der Waals surface area contributed by atoms with Gasteiger partial charge in [0.1, 0.15) is 24.1 Å². The quantitative estimate of drug-likeness (QED) is 0.644. The van der Waals surface area contributed by atoms with Crippen LogP contribution in [0.5, 0.6) is 5.75 Å². The zero-order valence-corrected chi connectivity index (χ0v) is 16.6. The monoisotopic (exact) mass is 387 g/mol. The number of ether oxygens (including phenoxy) is 2. The van der Waals surface area contributed by atoms with Gasteiger partial charge in [-0.3, -0.25) is 0 Å². The maximum absolute atomic E-state index is 11.6. The number of benzene rings is 2. The molecule has 2 atom stereocenters. The lowest BCUT2D eigenvalue weighted by molar-refractivity contribution is 0.0123. The fraction of sp³-hybridized carbons (Fsp3) is 0.409. The summed E-state index contributed by atoms with van der Waals surface area (Å²) >= 11 is 0. The summed E-state index contributed by atoms with van der Waals surface area (Å²) in [5.74, 6) is 0.681. The van der Waals surface area contributed by atoms with E-state index in [4.69, 9.17) is 9.47 Å². The van der Waals surface area contributed by atoms with Crippen LogP contribution >= 0.6 is 0 Å². The van der Waals surface area contributed by atoms with Gasteiger partial charge in [-0.1, -0.05) is 42.5 Å². The van der Waals surface area contributed by atoms with Crippen molar-refractivity contribution in [1.29, 1.82) is 0 Å². The number of aliphatic hydroxyl groups excluding tert-OH is 2. The number of amides is 1. The predicted octanol–water partition coefficient (Wildman–Crippen LogP) is 3.57. The Morgan fingerprint density at radius 1 is 1.04 bits per heavy atom. The number of rotatable bonds is 8. The Morgan fingerprint density at radius 3 is 2.29 bits per heavy atom. The Morgan fingerprint density at radius 2 is 1.68 bits per heavy atom. The molecule has 2 unspecified atom stereocenters. The lowest BCUT2D eigenvalue weighted by atomic mass is 10.0. The summed E-state index contributed by atoms with van der Waals surface area (Å²) in [6, 6.07) is 16.8. The molecule has 6 nitrogen and oxygen atoms in total. The summed E-state index contributed by atoms with van der Waals surface area (Å²) in [6.07, 6.45) is -2.41. The zero-order chi connectivity index (χ0) is 20.6. The number of aliphatic hydroxyl groups is 2. The van der Waals surface area contributed by atoms with Crippen LogP contribution in [-0.2, 0) is 11.3 Å². The molecule has 0 spiro atoms. The third-order valence-corrected chi connectivity index (χ3v) is 3.94. The van der Waals surface area contributed by atoms with Gasteiger partial charge in [-0.15, -0.1) is 0 Å². The molecule has 6 heteroatoms. The summed E-state index contributed by atoms with van der Waals surface area (Å²) in [5.41, 5.74) is 1.07. The molecule has 28 heavy (non-hydrogen) atoms. The molecular weight excluding hydrogens is 358 g/mol. The molecule has 2 aromatic rings. The van der Waals surface area contributed by atoms with E-state index in [1.54, 1.807) is 45.0 Å². The SMILES string of the molecule is CC(C)(C)OC(=O)NCCC(O)C(O)c1ccc(OCc2ccccc2)cc1. The van der Waals surface area contributed by atoms with E-state index < -0.39 is 23.9 Å². The fourth-order valence-corrected chi connectivity index (χ4v) is 2.52. The second-order valence-electron chi connectivity index (χ2n) is 7.57. The van der Waals surface area contributed by atoms with Crippen molar-refractivity contribution in [2.24, 2.45) is 0 Å². The molecular formula is C22H29NO5. The van der Waals surface area contributed by atoms with Gasteiger partial charge in [-0.2, -0.15) is 0 Å². The van der Waals surface area contributed by atoms with Crippen molar-refractivity contribution in [2.45, 2.75) is 51.6 Å². The van der Waals surface area contributed by atoms with Crippen LogP contribution in [0, 0.1) is 0 Å². The lowest BCUT2D eigenvalue weighted by Crippen LogP contribution is -2.34. The van der Waals surface area contributed by atoms with Gasteiger partial charge >= 0.3 is 6.09 Å². The van der Waals surface area contributed by atoms with E-state index in [1.165, 1.54) is 0 Å². The second kappa shape index (κ2) is 10.1. The molecule has 0 aliphatic heterocycles. The van der Waals surface area contributed by atoms with Crippen LogP contribution < -0.4 is 10.1 Å². The van der Waals surface area contributed by atoms with Gasteiger partial charge in [0.15, 0.2) is 0 Å². The van der Waals surface area contributed by atoms with E-state index >= 15 is 0 Å². The van der Waals surface area contributed by atoms with E-state index in [-0.39, 0.29) is 13.0 Å². The van der Waals surface area contributed by atoms with Crippen LogP contribution in [0.25, 0.3) is 0 Å². The molecule has 0 fully saturated rings. The van der Waals surface area contributed by atoms with Crippen molar-refractivity contribution >= 4 is 6.09 Å². The Bertz CT molecular complexity index is 725. The van der Waals surface area contributed by atoms with E-state index in [0.717, 1.165) is 5.56 Å². The molecule has 0 aliphatic rings. The molecule has 2 rings (SSSR count). The molecule has 0 heterocycles. The second-order valence-corrected chi connectivity index (χ2v) is 7.57. The zero-order valence-electron chi connectivity index (χ0n) is 16.6. The van der Waals surface area contributed by atoms with Crippen LogP contribution in [0.4, 0.5) is 4.79 Å². The maximum atomic E-state index is 11.6. The normalized spacial score (nSPS) is 13.5. The highest BCUT2D eigenvalue weighted by atomic mass is 16.6. The Labute approximate surface area is 166 Å². The number of alkyl carbamates (subject to hydrolysis) is 1. The van der Waals surface area contributed by atoms with Gasteiger partial charge in [0.05, 0.1) is 6.10 Å². The first kappa shape index (κ1) is 21.7. The predicted molar refractivity (Wildman–Crippen MR) is 107 cm³/mol. The van der Waals surface area contributed by atoms with Crippen molar-refractivity contribution < 1.29 is 24.5 Å². The average Bonchev–Trinajstić information content (AvgIpc) is 2.65. The molecule has 0 saturated heterocycles. The van der Waals surface area contributed by atoms with E-state index in [2.05, 4.69) is 5.32 Å². The van der Waals surface area contributed by atoms with Crippen molar-refractivity contribution in [2.75, 3.05) is 6.54 Å². The number of carbonyl (C=O) groups excluding carboxylic acids is 1. The molecule has 3 N–H and O–H groups in total. The third kappa shape index (κ3) is 7.58. The van der Waals surface area contributed by atoms with Crippen molar-refractivity contribution in [3.05, 3.63) is 65.7 Å². The van der Waals surface area contributed by atoms with E-state index in [9.17, 15) is 15.0 Å². The molecule has 0 bridgehead atoms. The van der Waals surface area contributed by atoms with Crippen molar-refractivity contribution in [1.82, 2.24) is 5.32 Å². The van der Waals surface area contributed by atoms with Gasteiger partial charge in [-0.25, -0.2) is 4.79 Å². The minimum absolute atomic E-state index is 0.200. The number of hydrogen-bond donors (Lipinski definition) is 3. The summed E-state index contributed by atoms with van der Waals surface area (Å²) in [4.78, 5) is 11.6. The van der Waals surface area contributed by atoms with Gasteiger partial charge in [0, 0.05) is 6.54 Å². The summed E-state index contributed by atoms with van der Waals surface area (Å²) in [6.45, 7) is 5.99. The van der Waals surface area contributed by atoms with Crippen LogP contribution in [0.15, 0.2) is 54.6 Å². The molecule has 1 amide bonds. The molecule has 0 radical (unpaired) electrons. The average molecular weight is 387 g/mol. The largest absolute Gasteiger partial charge is 0.489 e. The van der Waals surface area contributed by atoms with Gasteiger partial charge in [-0.05, 0) is 50.5 Å². The first-order valence-electron chi connectivity index (χ1n) is 9.34. The van der Waals surface area contributed by atoms with Crippen LogP contribution in [0.1, 0.15) is 44.4 Å². The number of carbonyl (C=O) groups is 1. The van der Waals surface area contributed by atoms with Crippen LogP contribution in [0.2, 0.25) is 0 Å². The fourth-order valence-electron chi connectivity index (χ4n) is 2.52. The topological polar surface area (TPSA) is 88.0 Å². The summed E-state index contributed by atoms with van der Waals surface area (Å²) in [7, 11) is 0. The highest BCUT2D eigenvalue weighted by molar-refractivity contribution is 5.67. The minimum Gasteiger partial charge on any atom is -0.489 e. The smallest absolute Gasteiger partial charge is 0.407 e. The first-order valence-corrected chi connectivity index (χ1v) is 9.34. The standard InChI is InChI=1S/C22H29NO5/c1-22(2,3)28-21(26)23-14-13-19(24)20(25)17-9-11-18(12-10-17)27-15-16-7-5-4-6-8-16/h4-12,19-20,24-25H,13-15H2,1-3H3,(H,23,26). The molecule has 0 aliphatic carbocycles. The van der Waals surface area contributed by atoms with Gasteiger partial charge in [0.2, 0.25) is 0 Å². The first-order chi connectivity index (χ1) is 13.2. The maximum Gasteiger partial charge on any atom is 0.407 e. The summed E-state index contributed by atoms with van der Waals surface area (Å²) < 4.78 is 10.8. The number of hydrogen-bond acceptors (Lipinski definition) is 5. The Kier molecular flexibility index (Phi) is 7.84. The van der Waals surface area contributed by atoms with Crippen molar-refractivity contribution in [3.8, 4) is 5.75 Å². The third-order valence-electron chi connectivity index (χ3n) is 3.94. The Balaban J connectivity index is 1.78. The minimum atomic E-state index is -1.05. The lowest BCUT2D eigenvalue weighted by Gasteiger charge is -2.21. The number of nitrogens with one attached hydrogen (secondary N) is 1. The summed E-state index contributed by atoms with van der Waals surface area (Å²) in [5, 5.41) is 23.0. The van der Waals surface area contributed by atoms with Crippen molar-refractivity contribution in [3.63, 3.8) is 0 Å². The molecule has 2 aromatic carbocycles. The highest BCUT2D eigenvalue weighted by Gasteiger charge is 2.20. The van der Waals surface area contributed by atoms with Gasteiger partial charge < -0.3 is 25.0 Å². The van der Waals surface area contributed by atoms with Crippen LogP contribution in [0.3, 0.4) is 0 Å². The van der Waals surface area contributed by atoms with E-state index in [1.807, 2.05) is 30.3 Å².